The second kappa shape index (κ2) is 5.96. The van der Waals surface area contributed by atoms with Gasteiger partial charge in [-0.05, 0) is 26.6 Å². The molecule has 2 aliphatic rings. The Morgan fingerprint density at radius 1 is 1.31 bits per heavy atom. The van der Waals surface area contributed by atoms with Gasteiger partial charge in [-0.3, -0.25) is 4.90 Å². The average molecular weight is 227 g/mol. The van der Waals surface area contributed by atoms with Gasteiger partial charge >= 0.3 is 0 Å². The van der Waals surface area contributed by atoms with Crippen LogP contribution in [-0.4, -0.2) is 74.9 Å². The van der Waals surface area contributed by atoms with Crippen molar-refractivity contribution in [1.29, 1.82) is 0 Å². The molecular weight excluding hydrogens is 202 g/mol. The summed E-state index contributed by atoms with van der Waals surface area (Å²) in [6.07, 6.45) is 1.67. The third kappa shape index (κ3) is 3.42. The Hall–Kier alpha value is -0.160. The molecule has 94 valence electrons. The largest absolute Gasteiger partial charge is 0.374 e. The van der Waals surface area contributed by atoms with Crippen LogP contribution in [0.3, 0.4) is 0 Å². The third-order valence-electron chi connectivity index (χ3n) is 3.70. The lowest BCUT2D eigenvalue weighted by Crippen LogP contribution is -2.48. The molecule has 2 aliphatic heterocycles. The number of morpholine rings is 1. The van der Waals surface area contributed by atoms with Crippen LogP contribution in [0.5, 0.6) is 0 Å². The van der Waals surface area contributed by atoms with Gasteiger partial charge in [0.2, 0.25) is 0 Å². The van der Waals surface area contributed by atoms with E-state index >= 15 is 0 Å². The van der Waals surface area contributed by atoms with E-state index in [-0.39, 0.29) is 0 Å². The minimum atomic E-state index is 0.389. The molecule has 4 heteroatoms. The van der Waals surface area contributed by atoms with Gasteiger partial charge in [-0.2, -0.15) is 0 Å². The van der Waals surface area contributed by atoms with Crippen molar-refractivity contribution < 1.29 is 4.74 Å². The zero-order valence-corrected chi connectivity index (χ0v) is 10.6. The van der Waals surface area contributed by atoms with Gasteiger partial charge in [0, 0.05) is 32.2 Å². The van der Waals surface area contributed by atoms with Crippen molar-refractivity contribution in [3.63, 3.8) is 0 Å². The van der Waals surface area contributed by atoms with E-state index in [1.165, 1.54) is 19.5 Å². The van der Waals surface area contributed by atoms with Crippen molar-refractivity contribution in [3.8, 4) is 0 Å². The highest BCUT2D eigenvalue weighted by molar-refractivity contribution is 4.81. The van der Waals surface area contributed by atoms with Crippen LogP contribution in [0.4, 0.5) is 0 Å². The monoisotopic (exact) mass is 227 g/mol. The number of rotatable bonds is 4. The Morgan fingerprint density at radius 3 is 2.88 bits per heavy atom. The number of likely N-dealkylation sites (N-methyl/N-ethyl adjacent to an activating group) is 2. The summed E-state index contributed by atoms with van der Waals surface area (Å²) in [4.78, 5) is 4.86. The van der Waals surface area contributed by atoms with E-state index in [0.29, 0.717) is 12.1 Å². The Kier molecular flexibility index (Phi) is 4.58. The van der Waals surface area contributed by atoms with Crippen molar-refractivity contribution >= 4 is 0 Å². The summed E-state index contributed by atoms with van der Waals surface area (Å²) in [6.45, 7) is 9.87. The first-order chi connectivity index (χ1) is 7.78. The predicted octanol–water partition coefficient (Wildman–Crippen LogP) is 0.000800. The molecule has 0 amide bonds. The first-order valence-electron chi connectivity index (χ1n) is 6.54. The van der Waals surface area contributed by atoms with Gasteiger partial charge in [0.05, 0.1) is 12.7 Å². The molecule has 16 heavy (non-hydrogen) atoms. The summed E-state index contributed by atoms with van der Waals surface area (Å²) in [6, 6.07) is 0.672. The molecule has 0 aliphatic carbocycles. The van der Waals surface area contributed by atoms with Crippen molar-refractivity contribution in [3.05, 3.63) is 0 Å². The molecule has 2 atom stereocenters. The molecule has 0 aromatic carbocycles. The van der Waals surface area contributed by atoms with Crippen LogP contribution in [0, 0.1) is 0 Å². The van der Waals surface area contributed by atoms with Crippen LogP contribution < -0.4 is 5.32 Å². The predicted molar refractivity (Wildman–Crippen MR) is 65.8 cm³/mol. The van der Waals surface area contributed by atoms with Crippen LogP contribution in [-0.2, 0) is 4.74 Å². The first kappa shape index (κ1) is 12.3. The fraction of sp³-hybridized carbons (Fsp3) is 1.00. The average Bonchev–Trinajstić information content (AvgIpc) is 2.73. The van der Waals surface area contributed by atoms with E-state index < -0.39 is 0 Å². The summed E-state index contributed by atoms with van der Waals surface area (Å²) in [5.41, 5.74) is 0. The van der Waals surface area contributed by atoms with Crippen molar-refractivity contribution in [1.82, 2.24) is 15.1 Å². The Bertz CT molecular complexity index is 212. The second-order valence-corrected chi connectivity index (χ2v) is 5.04. The van der Waals surface area contributed by atoms with Crippen molar-refractivity contribution in [2.24, 2.45) is 0 Å². The highest BCUT2D eigenvalue weighted by atomic mass is 16.5. The van der Waals surface area contributed by atoms with E-state index in [1.807, 2.05) is 0 Å². The number of ether oxygens (including phenoxy) is 1. The molecule has 0 radical (unpaired) electrons. The highest BCUT2D eigenvalue weighted by Gasteiger charge is 2.23. The smallest absolute Gasteiger partial charge is 0.0826 e. The number of nitrogens with zero attached hydrogens (tertiary/aromatic N) is 2. The first-order valence-corrected chi connectivity index (χ1v) is 6.54. The Morgan fingerprint density at radius 2 is 2.19 bits per heavy atom. The molecule has 0 saturated carbocycles. The molecule has 1 N–H and O–H groups in total. The lowest BCUT2D eigenvalue weighted by molar-refractivity contribution is -0.0262. The number of likely N-dealkylation sites (tertiary alicyclic amines) is 1. The number of nitrogens with one attached hydrogen (secondary N) is 1. The molecule has 0 bridgehead atoms. The zero-order valence-electron chi connectivity index (χ0n) is 10.6. The molecule has 2 saturated heterocycles. The summed E-state index contributed by atoms with van der Waals surface area (Å²) in [5.74, 6) is 0. The minimum absolute atomic E-state index is 0.389. The van der Waals surface area contributed by atoms with Crippen LogP contribution in [0.25, 0.3) is 0 Å². The molecule has 2 heterocycles. The van der Waals surface area contributed by atoms with Gasteiger partial charge in [-0.1, -0.05) is 6.92 Å². The quantitative estimate of drug-likeness (QED) is 0.732. The molecule has 2 fully saturated rings. The molecule has 0 aromatic rings. The Balaban J connectivity index is 1.65. The van der Waals surface area contributed by atoms with Gasteiger partial charge in [-0.15, -0.1) is 0 Å². The molecule has 4 nitrogen and oxygen atoms in total. The van der Waals surface area contributed by atoms with Gasteiger partial charge in [0.15, 0.2) is 0 Å². The van der Waals surface area contributed by atoms with E-state index in [1.54, 1.807) is 0 Å². The van der Waals surface area contributed by atoms with Gasteiger partial charge in [-0.25, -0.2) is 0 Å². The maximum Gasteiger partial charge on any atom is 0.0826 e. The van der Waals surface area contributed by atoms with Gasteiger partial charge in [0.25, 0.3) is 0 Å². The molecule has 0 spiro atoms. The zero-order chi connectivity index (χ0) is 11.4. The topological polar surface area (TPSA) is 27.7 Å². The fourth-order valence-corrected chi connectivity index (χ4v) is 2.59. The van der Waals surface area contributed by atoms with Crippen LogP contribution >= 0.6 is 0 Å². The van der Waals surface area contributed by atoms with E-state index in [2.05, 4.69) is 29.1 Å². The van der Waals surface area contributed by atoms with E-state index in [0.717, 1.165) is 32.8 Å². The standard InChI is InChI=1S/C12H25N3O/c1-3-15-6-7-16-12(10-15)8-13-11-4-5-14(2)9-11/h11-13H,3-10H2,1-2H3. The number of hydrogen-bond donors (Lipinski definition) is 1. The van der Waals surface area contributed by atoms with E-state index in [9.17, 15) is 0 Å². The minimum Gasteiger partial charge on any atom is -0.374 e. The summed E-state index contributed by atoms with van der Waals surface area (Å²) >= 11 is 0. The maximum absolute atomic E-state index is 5.78. The maximum atomic E-state index is 5.78. The summed E-state index contributed by atoms with van der Waals surface area (Å²) in [5, 5.41) is 3.63. The van der Waals surface area contributed by atoms with E-state index in [4.69, 9.17) is 4.74 Å². The second-order valence-electron chi connectivity index (χ2n) is 5.04. The SMILES string of the molecule is CCN1CCOC(CNC2CCN(C)C2)C1. The van der Waals surface area contributed by atoms with Crippen LogP contribution in [0.15, 0.2) is 0 Å². The number of hydrogen-bond acceptors (Lipinski definition) is 4. The summed E-state index contributed by atoms with van der Waals surface area (Å²) in [7, 11) is 2.19. The van der Waals surface area contributed by atoms with Crippen LogP contribution in [0.1, 0.15) is 13.3 Å². The lowest BCUT2D eigenvalue weighted by Gasteiger charge is -2.32. The molecule has 0 aromatic heterocycles. The lowest BCUT2D eigenvalue weighted by atomic mass is 10.2. The van der Waals surface area contributed by atoms with Crippen molar-refractivity contribution in [2.45, 2.75) is 25.5 Å². The van der Waals surface area contributed by atoms with Gasteiger partial charge < -0.3 is 15.0 Å². The Labute approximate surface area is 98.9 Å². The molecule has 2 unspecified atom stereocenters. The van der Waals surface area contributed by atoms with Crippen molar-refractivity contribution in [2.75, 3.05) is 52.9 Å². The summed E-state index contributed by atoms with van der Waals surface area (Å²) < 4.78 is 5.78. The molecular formula is C12H25N3O. The van der Waals surface area contributed by atoms with Gasteiger partial charge in [0.1, 0.15) is 0 Å². The normalized spacial score (nSPS) is 33.4. The van der Waals surface area contributed by atoms with Crippen LogP contribution in [0.2, 0.25) is 0 Å². The molecule has 2 rings (SSSR count). The fourth-order valence-electron chi connectivity index (χ4n) is 2.59. The highest BCUT2D eigenvalue weighted by Crippen LogP contribution is 2.08. The third-order valence-corrected chi connectivity index (χ3v) is 3.70.